The largest absolute Gasteiger partial charge is 0.397 e. The Bertz CT molecular complexity index is 409. The monoisotopic (exact) mass is 236 g/mol. The second-order valence-corrected chi connectivity index (χ2v) is 5.08. The van der Waals surface area contributed by atoms with Crippen LogP contribution in [-0.2, 0) is 4.79 Å². The zero-order chi connectivity index (χ0) is 13.1. The first-order chi connectivity index (χ1) is 7.78. The number of amides is 1. The van der Waals surface area contributed by atoms with Crippen LogP contribution in [0.2, 0.25) is 0 Å². The van der Waals surface area contributed by atoms with Crippen LogP contribution in [0.25, 0.3) is 0 Å². The van der Waals surface area contributed by atoms with Crippen LogP contribution in [0.15, 0.2) is 12.3 Å². The highest BCUT2D eigenvalue weighted by Crippen LogP contribution is 2.12. The molecule has 1 rings (SSSR count). The van der Waals surface area contributed by atoms with Crippen LogP contribution in [0.5, 0.6) is 0 Å². The number of hydrogen-bond acceptors (Lipinski definition) is 4. The predicted molar refractivity (Wildman–Crippen MR) is 69.8 cm³/mol. The van der Waals surface area contributed by atoms with Crippen molar-refractivity contribution in [3.05, 3.63) is 17.8 Å². The topological polar surface area (TPSA) is 80.0 Å². The normalized spacial score (nSPS) is 11.1. The molecule has 1 amide bonds. The Hall–Kier alpha value is -1.78. The number of nitrogens with two attached hydrogens (primary N) is 1. The predicted octanol–water partition coefficient (Wildman–Crippen LogP) is 1.30. The summed E-state index contributed by atoms with van der Waals surface area (Å²) in [5, 5.41) is 5.82. The second-order valence-electron chi connectivity index (χ2n) is 5.08. The van der Waals surface area contributed by atoms with Gasteiger partial charge in [0, 0.05) is 5.54 Å². The van der Waals surface area contributed by atoms with E-state index in [9.17, 15) is 4.79 Å². The molecule has 0 saturated carbocycles. The van der Waals surface area contributed by atoms with Crippen LogP contribution in [0.1, 0.15) is 26.3 Å². The number of aromatic nitrogens is 1. The van der Waals surface area contributed by atoms with Gasteiger partial charge in [0.05, 0.1) is 18.4 Å². The lowest BCUT2D eigenvalue weighted by molar-refractivity contribution is -0.120. The summed E-state index contributed by atoms with van der Waals surface area (Å²) in [6.07, 6.45) is 1.58. The molecule has 0 aliphatic carbocycles. The molecular weight excluding hydrogens is 216 g/mol. The Kier molecular flexibility index (Phi) is 3.93. The van der Waals surface area contributed by atoms with Crippen molar-refractivity contribution >= 4 is 17.4 Å². The summed E-state index contributed by atoms with van der Waals surface area (Å²) < 4.78 is 0. The Morgan fingerprint density at radius 1 is 1.47 bits per heavy atom. The van der Waals surface area contributed by atoms with Crippen molar-refractivity contribution in [3.8, 4) is 0 Å². The van der Waals surface area contributed by atoms with Gasteiger partial charge in [0.1, 0.15) is 5.82 Å². The maximum absolute atomic E-state index is 11.6. The van der Waals surface area contributed by atoms with Crippen molar-refractivity contribution < 1.29 is 4.79 Å². The van der Waals surface area contributed by atoms with Gasteiger partial charge >= 0.3 is 0 Å². The van der Waals surface area contributed by atoms with Crippen molar-refractivity contribution in [2.24, 2.45) is 0 Å². The number of nitrogens with one attached hydrogen (secondary N) is 2. The molecule has 5 nitrogen and oxygen atoms in total. The smallest absolute Gasteiger partial charge is 0.239 e. The number of carbonyl (C=O) groups excluding carboxylic acids is 1. The Morgan fingerprint density at radius 2 is 2.12 bits per heavy atom. The minimum absolute atomic E-state index is 0.0613. The van der Waals surface area contributed by atoms with Crippen molar-refractivity contribution in [3.63, 3.8) is 0 Å². The van der Waals surface area contributed by atoms with E-state index in [2.05, 4.69) is 15.6 Å². The van der Waals surface area contributed by atoms with E-state index in [1.165, 1.54) is 0 Å². The molecule has 0 atom stereocenters. The highest BCUT2D eigenvalue weighted by molar-refractivity contribution is 5.81. The average molecular weight is 236 g/mol. The number of aryl methyl sites for hydroxylation is 1. The van der Waals surface area contributed by atoms with Gasteiger partial charge in [-0.3, -0.25) is 4.79 Å². The number of anilines is 2. The molecule has 1 aromatic rings. The van der Waals surface area contributed by atoms with Gasteiger partial charge in [-0.15, -0.1) is 0 Å². The van der Waals surface area contributed by atoms with Gasteiger partial charge in [0.2, 0.25) is 5.91 Å². The van der Waals surface area contributed by atoms with Crippen LogP contribution < -0.4 is 16.4 Å². The van der Waals surface area contributed by atoms with E-state index in [1.54, 1.807) is 6.20 Å². The first kappa shape index (κ1) is 13.3. The standard InChI is InChI=1S/C12H20N4O/c1-8-5-10(14-6-9(8)13)15-7-11(17)16-12(2,3)4/h5-6H,7,13H2,1-4H3,(H,14,15)(H,16,17). The Labute approximate surface area is 102 Å². The fourth-order valence-corrected chi connectivity index (χ4v) is 1.30. The number of hydrogen-bond donors (Lipinski definition) is 3. The summed E-state index contributed by atoms with van der Waals surface area (Å²) in [7, 11) is 0. The molecule has 0 aromatic carbocycles. The first-order valence-corrected chi connectivity index (χ1v) is 5.55. The number of pyridine rings is 1. The lowest BCUT2D eigenvalue weighted by atomic mass is 10.1. The number of rotatable bonds is 3. The van der Waals surface area contributed by atoms with E-state index < -0.39 is 0 Å². The highest BCUT2D eigenvalue weighted by Gasteiger charge is 2.13. The van der Waals surface area contributed by atoms with Crippen LogP contribution in [0.3, 0.4) is 0 Å². The summed E-state index contributed by atoms with van der Waals surface area (Å²) in [6, 6.07) is 1.82. The van der Waals surface area contributed by atoms with Gasteiger partial charge in [-0.25, -0.2) is 4.98 Å². The van der Waals surface area contributed by atoms with Crippen molar-refractivity contribution in [2.75, 3.05) is 17.6 Å². The zero-order valence-corrected chi connectivity index (χ0v) is 10.8. The van der Waals surface area contributed by atoms with Gasteiger partial charge < -0.3 is 16.4 Å². The van der Waals surface area contributed by atoms with E-state index in [1.807, 2.05) is 33.8 Å². The molecule has 0 fully saturated rings. The molecule has 0 aliphatic heterocycles. The molecule has 0 radical (unpaired) electrons. The molecule has 94 valence electrons. The van der Waals surface area contributed by atoms with Crippen molar-refractivity contribution in [1.82, 2.24) is 10.3 Å². The van der Waals surface area contributed by atoms with Gasteiger partial charge in [0.25, 0.3) is 0 Å². The van der Waals surface area contributed by atoms with E-state index in [0.717, 1.165) is 5.56 Å². The maximum Gasteiger partial charge on any atom is 0.239 e. The quantitative estimate of drug-likeness (QED) is 0.739. The van der Waals surface area contributed by atoms with Gasteiger partial charge in [0.15, 0.2) is 0 Å². The lowest BCUT2D eigenvalue weighted by Gasteiger charge is -2.20. The molecule has 5 heteroatoms. The molecular formula is C12H20N4O. The van der Waals surface area contributed by atoms with Crippen LogP contribution >= 0.6 is 0 Å². The van der Waals surface area contributed by atoms with Crippen LogP contribution in [0.4, 0.5) is 11.5 Å². The third-order valence-electron chi connectivity index (χ3n) is 2.10. The fourth-order valence-electron chi connectivity index (χ4n) is 1.30. The van der Waals surface area contributed by atoms with E-state index in [4.69, 9.17) is 5.73 Å². The first-order valence-electron chi connectivity index (χ1n) is 5.55. The molecule has 1 heterocycles. The highest BCUT2D eigenvalue weighted by atomic mass is 16.2. The maximum atomic E-state index is 11.6. The molecule has 0 bridgehead atoms. The summed E-state index contributed by atoms with van der Waals surface area (Å²) >= 11 is 0. The third-order valence-corrected chi connectivity index (χ3v) is 2.10. The van der Waals surface area contributed by atoms with Crippen LogP contribution in [0, 0.1) is 6.92 Å². The van der Waals surface area contributed by atoms with Gasteiger partial charge in [-0.2, -0.15) is 0 Å². The Morgan fingerprint density at radius 3 is 2.65 bits per heavy atom. The van der Waals surface area contributed by atoms with E-state index in [0.29, 0.717) is 11.5 Å². The summed E-state index contributed by atoms with van der Waals surface area (Å²) in [6.45, 7) is 7.93. The number of nitrogens with zero attached hydrogens (tertiary/aromatic N) is 1. The molecule has 1 aromatic heterocycles. The Balaban J connectivity index is 2.50. The fraction of sp³-hybridized carbons (Fsp3) is 0.500. The zero-order valence-electron chi connectivity index (χ0n) is 10.8. The lowest BCUT2D eigenvalue weighted by Crippen LogP contribution is -2.43. The van der Waals surface area contributed by atoms with Crippen molar-refractivity contribution in [2.45, 2.75) is 33.2 Å². The minimum atomic E-state index is -0.219. The van der Waals surface area contributed by atoms with E-state index >= 15 is 0 Å². The molecule has 0 spiro atoms. The molecule has 0 unspecified atom stereocenters. The summed E-state index contributed by atoms with van der Waals surface area (Å²) in [4.78, 5) is 15.6. The van der Waals surface area contributed by atoms with Gasteiger partial charge in [-0.1, -0.05) is 0 Å². The minimum Gasteiger partial charge on any atom is -0.397 e. The van der Waals surface area contributed by atoms with Crippen LogP contribution in [-0.4, -0.2) is 23.0 Å². The molecule has 17 heavy (non-hydrogen) atoms. The van der Waals surface area contributed by atoms with Crippen molar-refractivity contribution in [1.29, 1.82) is 0 Å². The summed E-state index contributed by atoms with van der Waals surface area (Å²) in [5.74, 6) is 0.592. The SMILES string of the molecule is Cc1cc(NCC(=O)NC(C)(C)C)ncc1N. The third kappa shape index (κ3) is 4.72. The van der Waals surface area contributed by atoms with E-state index in [-0.39, 0.29) is 18.0 Å². The van der Waals surface area contributed by atoms with Gasteiger partial charge in [-0.05, 0) is 39.3 Å². The average Bonchev–Trinajstić information content (AvgIpc) is 2.17. The number of nitrogen functional groups attached to an aromatic ring is 1. The second kappa shape index (κ2) is 5.03. The molecule has 0 aliphatic rings. The molecule has 4 N–H and O–H groups in total. The summed E-state index contributed by atoms with van der Waals surface area (Å²) in [5.41, 5.74) is 7.03. The molecule has 0 saturated heterocycles. The number of carbonyl (C=O) groups is 1.